The van der Waals surface area contributed by atoms with Crippen LogP contribution in [-0.4, -0.2) is 9.97 Å². The van der Waals surface area contributed by atoms with Crippen molar-refractivity contribution in [3.63, 3.8) is 0 Å². The van der Waals surface area contributed by atoms with Gasteiger partial charge in [0.1, 0.15) is 5.82 Å². The molecule has 0 atom stereocenters. The van der Waals surface area contributed by atoms with Gasteiger partial charge in [0.2, 0.25) is 0 Å². The van der Waals surface area contributed by atoms with E-state index in [9.17, 15) is 0 Å². The lowest BCUT2D eigenvalue weighted by atomic mass is 9.70. The van der Waals surface area contributed by atoms with Crippen LogP contribution in [0.25, 0.3) is 0 Å². The molecule has 2 nitrogen and oxygen atoms in total. The third kappa shape index (κ3) is 4.11. The molecular weight excluding hydrogens is 304 g/mol. The maximum Gasteiger partial charge on any atom is 0.132 e. The highest BCUT2D eigenvalue weighted by Crippen LogP contribution is 2.40. The number of aromatic nitrogens is 2. The first-order valence-corrected chi connectivity index (χ1v) is 9.83. The minimum Gasteiger partial charge on any atom is -0.241 e. The Labute approximate surface area is 154 Å². The average molecular weight is 339 g/mol. The molecule has 0 aliphatic carbocycles. The van der Waals surface area contributed by atoms with Gasteiger partial charge in [-0.05, 0) is 42.2 Å². The summed E-state index contributed by atoms with van der Waals surface area (Å²) in [5.41, 5.74) is 4.14. The highest BCUT2D eigenvalue weighted by Gasteiger charge is 2.34. The standard InChI is InChI=1S/C23H34N2/c1-7-22(5,8-2)19-17-24-20(16-18-14-12-11-13-15-18)25-21(19)23(6,9-3)10-4/h11-15,17H,7-10,16H2,1-6H3. The quantitative estimate of drug-likeness (QED) is 0.571. The highest BCUT2D eigenvalue weighted by atomic mass is 14.9. The first kappa shape index (κ1) is 19.6. The van der Waals surface area contributed by atoms with Crippen LogP contribution >= 0.6 is 0 Å². The topological polar surface area (TPSA) is 25.8 Å². The molecule has 1 aromatic heterocycles. The van der Waals surface area contributed by atoms with Crippen molar-refractivity contribution in [2.45, 2.75) is 84.5 Å². The summed E-state index contributed by atoms with van der Waals surface area (Å²) in [6.07, 6.45) is 7.34. The summed E-state index contributed by atoms with van der Waals surface area (Å²) in [5, 5.41) is 0. The minimum absolute atomic E-state index is 0.106. The molecule has 1 heterocycles. The van der Waals surface area contributed by atoms with Crippen molar-refractivity contribution in [2.24, 2.45) is 0 Å². The van der Waals surface area contributed by atoms with Gasteiger partial charge in [0, 0.05) is 18.0 Å². The number of rotatable bonds is 8. The third-order valence-electron chi connectivity index (χ3n) is 6.39. The molecule has 0 unspecified atom stereocenters. The Bertz CT molecular complexity index is 668. The molecule has 0 saturated carbocycles. The summed E-state index contributed by atoms with van der Waals surface area (Å²) in [5.74, 6) is 0.938. The summed E-state index contributed by atoms with van der Waals surface area (Å²) >= 11 is 0. The van der Waals surface area contributed by atoms with Gasteiger partial charge in [-0.15, -0.1) is 0 Å². The Morgan fingerprint density at radius 3 is 1.88 bits per heavy atom. The SMILES string of the molecule is CCC(C)(CC)c1cnc(Cc2ccccc2)nc1C(C)(CC)CC. The van der Waals surface area contributed by atoms with Gasteiger partial charge in [-0.2, -0.15) is 0 Å². The van der Waals surface area contributed by atoms with Crippen LogP contribution < -0.4 is 0 Å². The lowest BCUT2D eigenvalue weighted by molar-refractivity contribution is 0.380. The maximum atomic E-state index is 5.13. The molecule has 0 N–H and O–H groups in total. The van der Waals surface area contributed by atoms with Crippen LogP contribution in [0.5, 0.6) is 0 Å². The van der Waals surface area contributed by atoms with E-state index < -0.39 is 0 Å². The summed E-state index contributed by atoms with van der Waals surface area (Å²) in [6, 6.07) is 10.5. The number of hydrogen-bond donors (Lipinski definition) is 0. The Balaban J connectivity index is 2.55. The largest absolute Gasteiger partial charge is 0.241 e. The Hall–Kier alpha value is -1.70. The van der Waals surface area contributed by atoms with E-state index in [4.69, 9.17) is 9.97 Å². The Morgan fingerprint density at radius 1 is 0.800 bits per heavy atom. The molecule has 136 valence electrons. The minimum atomic E-state index is 0.106. The van der Waals surface area contributed by atoms with Crippen molar-refractivity contribution >= 4 is 0 Å². The van der Waals surface area contributed by atoms with Gasteiger partial charge < -0.3 is 0 Å². The normalized spacial score (nSPS) is 12.4. The molecule has 0 saturated heterocycles. The lowest BCUT2D eigenvalue weighted by Crippen LogP contribution is -2.31. The second kappa shape index (κ2) is 8.12. The van der Waals surface area contributed by atoms with Crippen molar-refractivity contribution in [3.8, 4) is 0 Å². The van der Waals surface area contributed by atoms with Crippen molar-refractivity contribution in [3.05, 3.63) is 59.2 Å². The van der Waals surface area contributed by atoms with Crippen molar-refractivity contribution in [1.29, 1.82) is 0 Å². The van der Waals surface area contributed by atoms with E-state index in [0.29, 0.717) is 0 Å². The molecule has 0 spiro atoms. The zero-order valence-electron chi connectivity index (χ0n) is 16.9. The van der Waals surface area contributed by atoms with Crippen LogP contribution in [0.3, 0.4) is 0 Å². The Morgan fingerprint density at radius 2 is 1.36 bits per heavy atom. The lowest BCUT2D eigenvalue weighted by Gasteiger charge is -2.35. The second-order valence-electron chi connectivity index (χ2n) is 7.75. The predicted octanol–water partition coefficient (Wildman–Crippen LogP) is 6.22. The van der Waals surface area contributed by atoms with Crippen molar-refractivity contribution < 1.29 is 0 Å². The van der Waals surface area contributed by atoms with E-state index in [1.807, 2.05) is 0 Å². The van der Waals surface area contributed by atoms with Gasteiger partial charge in [0.15, 0.2) is 0 Å². The molecule has 0 radical (unpaired) electrons. The molecule has 0 aliphatic heterocycles. The van der Waals surface area contributed by atoms with E-state index in [1.165, 1.54) is 16.8 Å². The van der Waals surface area contributed by atoms with Crippen LogP contribution in [0, 0.1) is 0 Å². The van der Waals surface area contributed by atoms with E-state index in [2.05, 4.69) is 78.1 Å². The van der Waals surface area contributed by atoms with Gasteiger partial charge in [-0.25, -0.2) is 9.97 Å². The zero-order valence-corrected chi connectivity index (χ0v) is 16.9. The van der Waals surface area contributed by atoms with E-state index >= 15 is 0 Å². The van der Waals surface area contributed by atoms with Crippen LogP contribution in [-0.2, 0) is 17.3 Å². The summed E-state index contributed by atoms with van der Waals surface area (Å²) in [4.78, 5) is 9.90. The summed E-state index contributed by atoms with van der Waals surface area (Å²) in [6.45, 7) is 13.8. The van der Waals surface area contributed by atoms with E-state index in [1.54, 1.807) is 0 Å². The number of nitrogens with zero attached hydrogens (tertiary/aromatic N) is 2. The Kier molecular flexibility index (Phi) is 6.37. The number of benzene rings is 1. The first-order chi connectivity index (χ1) is 11.9. The smallest absolute Gasteiger partial charge is 0.132 e. The van der Waals surface area contributed by atoms with Gasteiger partial charge in [-0.3, -0.25) is 0 Å². The molecule has 2 rings (SSSR count). The monoisotopic (exact) mass is 338 g/mol. The molecule has 0 bridgehead atoms. The maximum absolute atomic E-state index is 5.13. The first-order valence-electron chi connectivity index (χ1n) is 9.83. The van der Waals surface area contributed by atoms with Crippen LogP contribution in [0.2, 0.25) is 0 Å². The molecule has 1 aromatic carbocycles. The summed E-state index contributed by atoms with van der Waals surface area (Å²) < 4.78 is 0. The third-order valence-corrected chi connectivity index (χ3v) is 6.39. The van der Waals surface area contributed by atoms with Crippen molar-refractivity contribution in [2.75, 3.05) is 0 Å². The second-order valence-corrected chi connectivity index (χ2v) is 7.75. The van der Waals surface area contributed by atoms with Crippen molar-refractivity contribution in [1.82, 2.24) is 9.97 Å². The van der Waals surface area contributed by atoms with Gasteiger partial charge >= 0.3 is 0 Å². The van der Waals surface area contributed by atoms with E-state index in [0.717, 1.165) is 37.9 Å². The fourth-order valence-corrected chi connectivity index (χ4v) is 3.40. The zero-order chi connectivity index (χ0) is 18.5. The van der Waals surface area contributed by atoms with Gasteiger partial charge in [-0.1, -0.05) is 71.9 Å². The molecule has 2 heteroatoms. The van der Waals surface area contributed by atoms with Gasteiger partial charge in [0.25, 0.3) is 0 Å². The fraction of sp³-hybridized carbons (Fsp3) is 0.565. The molecule has 0 amide bonds. The summed E-state index contributed by atoms with van der Waals surface area (Å²) in [7, 11) is 0. The van der Waals surface area contributed by atoms with Crippen LogP contribution in [0.1, 0.15) is 89.9 Å². The molecular formula is C23H34N2. The molecule has 2 aromatic rings. The fourth-order valence-electron chi connectivity index (χ4n) is 3.40. The predicted molar refractivity (Wildman–Crippen MR) is 107 cm³/mol. The van der Waals surface area contributed by atoms with Crippen LogP contribution in [0.15, 0.2) is 36.5 Å². The number of hydrogen-bond acceptors (Lipinski definition) is 2. The molecule has 25 heavy (non-hydrogen) atoms. The van der Waals surface area contributed by atoms with E-state index in [-0.39, 0.29) is 10.8 Å². The van der Waals surface area contributed by atoms with Gasteiger partial charge in [0.05, 0.1) is 5.69 Å². The molecule has 0 aliphatic rings. The average Bonchev–Trinajstić information content (AvgIpc) is 2.67. The highest BCUT2D eigenvalue weighted by molar-refractivity contribution is 5.33. The van der Waals surface area contributed by atoms with Crippen LogP contribution in [0.4, 0.5) is 0 Å². The molecule has 0 fully saturated rings.